The molecule has 0 aliphatic carbocycles. The number of nitrogens with one attached hydrogen (secondary N) is 1. The number of rotatable bonds is 4. The van der Waals surface area contributed by atoms with Gasteiger partial charge >= 0.3 is 0 Å². The number of aryl methyl sites for hydroxylation is 1. The average Bonchev–Trinajstić information content (AvgIpc) is 2.57. The second kappa shape index (κ2) is 7.87. The number of nitriles is 1. The molecule has 24 heavy (non-hydrogen) atoms. The van der Waals surface area contributed by atoms with E-state index in [2.05, 4.69) is 5.32 Å². The molecule has 4 nitrogen and oxygen atoms in total. The van der Waals surface area contributed by atoms with Gasteiger partial charge in [-0.2, -0.15) is 5.26 Å². The fraction of sp³-hybridized carbons (Fsp3) is 0.111. The molecule has 0 unspecified atom stereocenters. The van der Waals surface area contributed by atoms with E-state index < -0.39 is 5.91 Å². The highest BCUT2D eigenvalue weighted by atomic mass is 35.5. The maximum atomic E-state index is 12.3. The SMILES string of the molecule is COc1ccc(/C=C(/C#N)C(=O)Nc2cccc(Cl)c2Cl)cc1C. The minimum absolute atomic E-state index is 0.0457. The monoisotopic (exact) mass is 360 g/mol. The summed E-state index contributed by atoms with van der Waals surface area (Å²) in [6.45, 7) is 1.88. The Kier molecular flexibility index (Phi) is 5.86. The maximum Gasteiger partial charge on any atom is 0.266 e. The standard InChI is InChI=1S/C18H14Cl2N2O2/c1-11-8-12(6-7-16(11)24-2)9-13(10-21)18(23)22-15-5-3-4-14(19)17(15)20/h3-9H,1-2H3,(H,22,23)/b13-9-. The number of benzene rings is 2. The van der Waals surface area contributed by atoms with Gasteiger partial charge in [-0.05, 0) is 48.4 Å². The van der Waals surface area contributed by atoms with Crippen LogP contribution in [0.4, 0.5) is 5.69 Å². The van der Waals surface area contributed by atoms with E-state index in [4.69, 9.17) is 27.9 Å². The summed E-state index contributed by atoms with van der Waals surface area (Å²) in [5.41, 5.74) is 1.93. The fourth-order valence-electron chi connectivity index (χ4n) is 2.10. The van der Waals surface area contributed by atoms with Crippen molar-refractivity contribution in [3.05, 3.63) is 63.1 Å². The van der Waals surface area contributed by atoms with Crippen molar-refractivity contribution < 1.29 is 9.53 Å². The Morgan fingerprint density at radius 2 is 2.04 bits per heavy atom. The highest BCUT2D eigenvalue weighted by Gasteiger charge is 2.13. The molecule has 122 valence electrons. The number of amides is 1. The highest BCUT2D eigenvalue weighted by Crippen LogP contribution is 2.30. The van der Waals surface area contributed by atoms with Gasteiger partial charge in [0.15, 0.2) is 0 Å². The Balaban J connectivity index is 2.27. The minimum atomic E-state index is -0.560. The van der Waals surface area contributed by atoms with E-state index in [1.54, 1.807) is 37.4 Å². The van der Waals surface area contributed by atoms with Crippen molar-refractivity contribution >= 4 is 40.9 Å². The van der Waals surface area contributed by atoms with Crippen LogP contribution in [0.3, 0.4) is 0 Å². The number of nitrogens with zero attached hydrogens (tertiary/aromatic N) is 1. The molecule has 0 saturated heterocycles. The van der Waals surface area contributed by atoms with Crippen LogP contribution in [-0.4, -0.2) is 13.0 Å². The molecule has 0 aliphatic rings. The van der Waals surface area contributed by atoms with Crippen molar-refractivity contribution in [1.82, 2.24) is 0 Å². The zero-order valence-corrected chi connectivity index (χ0v) is 14.6. The zero-order valence-electron chi connectivity index (χ0n) is 13.1. The molecule has 0 radical (unpaired) electrons. The van der Waals surface area contributed by atoms with Crippen molar-refractivity contribution in [2.24, 2.45) is 0 Å². The molecule has 0 aliphatic heterocycles. The van der Waals surface area contributed by atoms with Crippen LogP contribution in [0.25, 0.3) is 6.08 Å². The molecule has 0 bridgehead atoms. The normalized spacial score (nSPS) is 10.9. The summed E-state index contributed by atoms with van der Waals surface area (Å²) in [6, 6.07) is 12.2. The average molecular weight is 361 g/mol. The molecule has 0 heterocycles. The summed E-state index contributed by atoms with van der Waals surface area (Å²) < 4.78 is 5.19. The topological polar surface area (TPSA) is 62.1 Å². The second-order valence-corrected chi connectivity index (χ2v) is 5.74. The predicted octanol–water partition coefficient (Wildman–Crippen LogP) is 4.86. The number of ether oxygens (including phenoxy) is 1. The molecule has 0 spiro atoms. The third-order valence-corrected chi connectivity index (χ3v) is 4.11. The van der Waals surface area contributed by atoms with Crippen LogP contribution in [0.5, 0.6) is 5.75 Å². The van der Waals surface area contributed by atoms with Crippen molar-refractivity contribution in [2.75, 3.05) is 12.4 Å². The van der Waals surface area contributed by atoms with E-state index in [0.29, 0.717) is 10.7 Å². The fourth-order valence-corrected chi connectivity index (χ4v) is 2.44. The van der Waals surface area contributed by atoms with E-state index in [9.17, 15) is 10.1 Å². The quantitative estimate of drug-likeness (QED) is 0.625. The van der Waals surface area contributed by atoms with Gasteiger partial charge in [0.25, 0.3) is 5.91 Å². The molecule has 0 fully saturated rings. The third-order valence-electron chi connectivity index (χ3n) is 3.29. The Labute approximate surface area is 150 Å². The smallest absolute Gasteiger partial charge is 0.266 e. The Hall–Kier alpha value is -2.48. The van der Waals surface area contributed by atoms with E-state index in [1.165, 1.54) is 6.08 Å². The molecule has 1 amide bonds. The first-order valence-electron chi connectivity index (χ1n) is 6.98. The lowest BCUT2D eigenvalue weighted by atomic mass is 10.1. The minimum Gasteiger partial charge on any atom is -0.496 e. The third kappa shape index (κ3) is 4.08. The first-order chi connectivity index (χ1) is 11.5. The number of halogens is 2. The molecule has 2 aromatic rings. The first kappa shape index (κ1) is 17.9. The lowest BCUT2D eigenvalue weighted by Crippen LogP contribution is -2.13. The van der Waals surface area contributed by atoms with Crippen LogP contribution in [0.1, 0.15) is 11.1 Å². The number of hydrogen-bond acceptors (Lipinski definition) is 3. The van der Waals surface area contributed by atoms with Gasteiger partial charge in [0.1, 0.15) is 17.4 Å². The van der Waals surface area contributed by atoms with Gasteiger partial charge in [-0.1, -0.05) is 35.3 Å². The van der Waals surface area contributed by atoms with Crippen LogP contribution in [0.15, 0.2) is 42.0 Å². The number of carbonyl (C=O) groups is 1. The van der Waals surface area contributed by atoms with Crippen molar-refractivity contribution in [2.45, 2.75) is 6.92 Å². The Morgan fingerprint density at radius 3 is 2.67 bits per heavy atom. The van der Waals surface area contributed by atoms with Crippen molar-refractivity contribution in [1.29, 1.82) is 5.26 Å². The van der Waals surface area contributed by atoms with Gasteiger partial charge in [-0.25, -0.2) is 0 Å². The van der Waals surface area contributed by atoms with E-state index in [1.807, 2.05) is 19.1 Å². The van der Waals surface area contributed by atoms with Crippen LogP contribution >= 0.6 is 23.2 Å². The number of hydrogen-bond donors (Lipinski definition) is 1. The Morgan fingerprint density at radius 1 is 1.29 bits per heavy atom. The molecule has 2 rings (SSSR count). The highest BCUT2D eigenvalue weighted by molar-refractivity contribution is 6.44. The molecule has 1 N–H and O–H groups in total. The number of anilines is 1. The molecule has 0 aromatic heterocycles. The lowest BCUT2D eigenvalue weighted by Gasteiger charge is -2.08. The largest absolute Gasteiger partial charge is 0.496 e. The summed E-state index contributed by atoms with van der Waals surface area (Å²) in [6.07, 6.45) is 1.50. The van der Waals surface area contributed by atoms with Gasteiger partial charge in [-0.15, -0.1) is 0 Å². The lowest BCUT2D eigenvalue weighted by molar-refractivity contribution is -0.112. The maximum absolute atomic E-state index is 12.3. The van der Waals surface area contributed by atoms with Crippen LogP contribution in [0.2, 0.25) is 10.0 Å². The van der Waals surface area contributed by atoms with Gasteiger partial charge in [0.2, 0.25) is 0 Å². The van der Waals surface area contributed by atoms with Crippen molar-refractivity contribution in [3.8, 4) is 11.8 Å². The molecular weight excluding hydrogens is 347 g/mol. The zero-order chi connectivity index (χ0) is 17.7. The van der Waals surface area contributed by atoms with E-state index in [-0.39, 0.29) is 10.6 Å². The van der Waals surface area contributed by atoms with Gasteiger partial charge in [0, 0.05) is 0 Å². The summed E-state index contributed by atoms with van der Waals surface area (Å²) in [5, 5.41) is 12.4. The second-order valence-electron chi connectivity index (χ2n) is 4.95. The predicted molar refractivity (Wildman–Crippen MR) is 96.4 cm³/mol. The summed E-state index contributed by atoms with van der Waals surface area (Å²) in [4.78, 5) is 12.3. The van der Waals surface area contributed by atoms with Crippen LogP contribution in [0, 0.1) is 18.3 Å². The van der Waals surface area contributed by atoms with Gasteiger partial charge < -0.3 is 10.1 Å². The number of carbonyl (C=O) groups excluding carboxylic acids is 1. The molecule has 0 atom stereocenters. The van der Waals surface area contributed by atoms with Crippen LogP contribution < -0.4 is 10.1 Å². The number of methoxy groups -OCH3 is 1. The van der Waals surface area contributed by atoms with Gasteiger partial charge in [0.05, 0.1) is 22.8 Å². The summed E-state index contributed by atoms with van der Waals surface area (Å²) >= 11 is 11.9. The molecule has 0 saturated carbocycles. The van der Waals surface area contributed by atoms with E-state index in [0.717, 1.165) is 16.9 Å². The molecular formula is C18H14Cl2N2O2. The summed E-state index contributed by atoms with van der Waals surface area (Å²) in [7, 11) is 1.58. The van der Waals surface area contributed by atoms with Crippen molar-refractivity contribution in [3.63, 3.8) is 0 Å². The summed E-state index contributed by atoms with van der Waals surface area (Å²) in [5.74, 6) is 0.177. The van der Waals surface area contributed by atoms with Crippen LogP contribution in [-0.2, 0) is 4.79 Å². The Bertz CT molecular complexity index is 855. The first-order valence-corrected chi connectivity index (χ1v) is 7.73. The molecule has 6 heteroatoms. The van der Waals surface area contributed by atoms with E-state index >= 15 is 0 Å². The molecule has 2 aromatic carbocycles. The van der Waals surface area contributed by atoms with Gasteiger partial charge in [-0.3, -0.25) is 4.79 Å².